The molecule has 0 aliphatic carbocycles. The number of nitrogens with one attached hydrogen (secondary N) is 4. The number of anilines is 2. The molecule has 2 saturated heterocycles. The summed E-state index contributed by atoms with van der Waals surface area (Å²) in [5, 5.41) is 8.51. The van der Waals surface area contributed by atoms with Gasteiger partial charge in [0.05, 0.1) is 11.1 Å². The van der Waals surface area contributed by atoms with Crippen molar-refractivity contribution in [2.75, 3.05) is 37.4 Å². The molecule has 4 N–H and O–H groups in total. The minimum atomic E-state index is -0.983. The average molecular weight is 747 g/mol. The second kappa shape index (κ2) is 20.7. The van der Waals surface area contributed by atoms with Gasteiger partial charge >= 0.3 is 0 Å². The van der Waals surface area contributed by atoms with E-state index >= 15 is 0 Å². The molecule has 0 spiro atoms. The maximum Gasteiger partial charge on any atom is 0.264 e. The summed E-state index contributed by atoms with van der Waals surface area (Å²) in [6.07, 6.45) is 10.8. The summed E-state index contributed by atoms with van der Waals surface area (Å²) in [7, 11) is 2.09. The van der Waals surface area contributed by atoms with Crippen molar-refractivity contribution in [1.82, 2.24) is 20.6 Å². The summed E-state index contributed by atoms with van der Waals surface area (Å²) in [5.41, 5.74) is 5.55. The Kier molecular flexibility index (Phi) is 15.5. The van der Waals surface area contributed by atoms with E-state index in [9.17, 15) is 28.8 Å². The van der Waals surface area contributed by atoms with E-state index < -0.39 is 29.7 Å². The predicted octanol–water partition coefficient (Wildman–Crippen LogP) is 5.05. The molecule has 2 atom stereocenters. The van der Waals surface area contributed by atoms with Crippen LogP contribution in [0.15, 0.2) is 42.5 Å². The molecule has 14 heteroatoms. The van der Waals surface area contributed by atoms with Gasteiger partial charge < -0.3 is 20.3 Å². The van der Waals surface area contributed by atoms with Gasteiger partial charge in [0.15, 0.2) is 6.29 Å². The lowest BCUT2D eigenvalue weighted by Gasteiger charge is -2.27. The average Bonchev–Trinajstić information content (AvgIpc) is 3.42. The number of amides is 6. The number of rotatable bonds is 21. The van der Waals surface area contributed by atoms with Crippen molar-refractivity contribution in [1.29, 1.82) is 0 Å². The van der Waals surface area contributed by atoms with Crippen molar-refractivity contribution in [2.45, 2.75) is 115 Å². The standard InChI is InChI=1S/C40H54N6O8/c1-45(27-28-18-20-29(21-19-28)42-33(47)15-6-2-3-7-16-35(49)44-54-36-17-8-11-26-53-36)25-10-5-4-9-24-41-31-14-12-13-30-37(31)40(52)46(39(30)51)32-22-23-34(48)43-38(32)50/h12-14,18-21,32,36,41H,2-11,15-17,22-27H2,1H3,(H,42,47)(H,44,49)(H,43,48,50). The molecule has 292 valence electrons. The van der Waals surface area contributed by atoms with E-state index in [0.29, 0.717) is 31.7 Å². The summed E-state index contributed by atoms with van der Waals surface area (Å²) in [6.45, 7) is 3.05. The number of hydrogen-bond donors (Lipinski definition) is 4. The maximum absolute atomic E-state index is 13.3. The van der Waals surface area contributed by atoms with Crippen molar-refractivity contribution in [3.05, 3.63) is 59.2 Å². The maximum atomic E-state index is 13.3. The number of hydroxylamine groups is 1. The Bertz CT molecular complexity index is 1630. The van der Waals surface area contributed by atoms with E-state index in [2.05, 4.69) is 33.4 Å². The first-order valence-corrected chi connectivity index (χ1v) is 19.4. The summed E-state index contributed by atoms with van der Waals surface area (Å²) in [6, 6.07) is 12.1. The van der Waals surface area contributed by atoms with Crippen molar-refractivity contribution in [2.24, 2.45) is 0 Å². The molecule has 5 rings (SSSR count). The SMILES string of the molecule is CN(CCCCCCNc1cccc2c1C(=O)N(C1CCC(=O)NC1=O)C2=O)Cc1ccc(NC(=O)CCCCCCC(=O)NOC2CCCCO2)cc1. The topological polar surface area (TPSA) is 175 Å². The van der Waals surface area contributed by atoms with Gasteiger partial charge in [-0.25, -0.2) is 10.3 Å². The molecule has 3 aliphatic rings. The Morgan fingerprint density at radius 1 is 0.870 bits per heavy atom. The quantitative estimate of drug-likeness (QED) is 0.0769. The molecule has 2 fully saturated rings. The number of imide groups is 2. The van der Waals surface area contributed by atoms with Crippen molar-refractivity contribution in [3.63, 3.8) is 0 Å². The molecule has 14 nitrogen and oxygen atoms in total. The first kappa shape index (κ1) is 40.5. The van der Waals surface area contributed by atoms with Crippen LogP contribution in [0.5, 0.6) is 0 Å². The van der Waals surface area contributed by atoms with Crippen LogP contribution >= 0.6 is 0 Å². The third-order valence-corrected chi connectivity index (χ3v) is 9.94. The fourth-order valence-corrected chi connectivity index (χ4v) is 6.96. The van der Waals surface area contributed by atoms with E-state index in [0.717, 1.165) is 94.3 Å². The van der Waals surface area contributed by atoms with Gasteiger partial charge in [0.25, 0.3) is 11.8 Å². The molecule has 6 amide bonds. The summed E-state index contributed by atoms with van der Waals surface area (Å²) in [5.74, 6) is -2.19. The zero-order valence-electron chi connectivity index (χ0n) is 31.3. The van der Waals surface area contributed by atoms with Crippen molar-refractivity contribution >= 4 is 46.8 Å². The smallest absolute Gasteiger partial charge is 0.264 e. The second-order valence-electron chi connectivity index (χ2n) is 14.4. The summed E-state index contributed by atoms with van der Waals surface area (Å²) in [4.78, 5) is 83.2. The van der Waals surface area contributed by atoms with Gasteiger partial charge in [0.1, 0.15) is 6.04 Å². The predicted molar refractivity (Wildman–Crippen MR) is 202 cm³/mol. The monoisotopic (exact) mass is 746 g/mol. The van der Waals surface area contributed by atoms with Crippen LogP contribution in [0.1, 0.15) is 123 Å². The lowest BCUT2D eigenvalue weighted by atomic mass is 10.0. The largest absolute Gasteiger partial charge is 0.384 e. The van der Waals surface area contributed by atoms with E-state index in [1.807, 2.05) is 24.3 Å². The molecule has 2 unspecified atom stereocenters. The highest BCUT2D eigenvalue weighted by Gasteiger charge is 2.45. The van der Waals surface area contributed by atoms with Crippen LogP contribution < -0.4 is 21.4 Å². The first-order chi connectivity index (χ1) is 26.2. The molecule has 0 aromatic heterocycles. The highest BCUT2D eigenvalue weighted by molar-refractivity contribution is 6.25. The van der Waals surface area contributed by atoms with E-state index in [1.165, 1.54) is 5.56 Å². The Balaban J connectivity index is 0.893. The molecular formula is C40H54N6O8. The van der Waals surface area contributed by atoms with Crippen LogP contribution in [0.4, 0.5) is 11.4 Å². The number of unbranched alkanes of at least 4 members (excludes halogenated alkanes) is 6. The van der Waals surface area contributed by atoms with Gasteiger partial charge in [-0.15, -0.1) is 0 Å². The Labute approximate surface area is 317 Å². The lowest BCUT2D eigenvalue weighted by molar-refractivity contribution is -0.200. The van der Waals surface area contributed by atoms with Crippen molar-refractivity contribution < 1.29 is 38.3 Å². The normalized spacial score (nSPS) is 18.4. The minimum Gasteiger partial charge on any atom is -0.384 e. The van der Waals surface area contributed by atoms with Gasteiger partial charge in [0, 0.05) is 56.8 Å². The van der Waals surface area contributed by atoms with Crippen LogP contribution in [-0.4, -0.2) is 84.3 Å². The number of hydrogen-bond acceptors (Lipinski definition) is 10. The molecule has 3 heterocycles. The zero-order chi connectivity index (χ0) is 38.3. The zero-order valence-corrected chi connectivity index (χ0v) is 31.3. The van der Waals surface area contributed by atoms with Crippen LogP contribution in [0, 0.1) is 0 Å². The Morgan fingerprint density at radius 3 is 2.35 bits per heavy atom. The van der Waals surface area contributed by atoms with Crippen molar-refractivity contribution in [3.8, 4) is 0 Å². The van der Waals surface area contributed by atoms with Gasteiger partial charge in [-0.2, -0.15) is 0 Å². The summed E-state index contributed by atoms with van der Waals surface area (Å²) < 4.78 is 5.43. The summed E-state index contributed by atoms with van der Waals surface area (Å²) >= 11 is 0. The number of nitrogens with zero attached hydrogens (tertiary/aromatic N) is 2. The van der Waals surface area contributed by atoms with E-state index in [-0.39, 0.29) is 42.1 Å². The third-order valence-electron chi connectivity index (χ3n) is 9.94. The molecule has 2 aromatic carbocycles. The number of fused-ring (bicyclic) bond motifs is 1. The van der Waals surface area contributed by atoms with Gasteiger partial charge in [0.2, 0.25) is 23.6 Å². The Morgan fingerprint density at radius 2 is 1.61 bits per heavy atom. The third kappa shape index (κ3) is 11.9. The van der Waals surface area contributed by atoms with Gasteiger partial charge in [-0.1, -0.05) is 43.9 Å². The van der Waals surface area contributed by atoms with E-state index in [4.69, 9.17) is 9.57 Å². The molecule has 54 heavy (non-hydrogen) atoms. The van der Waals surface area contributed by atoms with Crippen LogP contribution in [0.2, 0.25) is 0 Å². The molecular weight excluding hydrogens is 692 g/mol. The molecule has 2 aromatic rings. The number of carbonyl (C=O) groups is 6. The van der Waals surface area contributed by atoms with Gasteiger partial charge in [-0.05, 0) is 88.4 Å². The Hall–Kier alpha value is -4.66. The first-order valence-electron chi connectivity index (χ1n) is 19.4. The number of piperidine rings is 1. The van der Waals surface area contributed by atoms with Crippen LogP contribution in [0.3, 0.4) is 0 Å². The molecule has 0 radical (unpaired) electrons. The van der Waals surface area contributed by atoms with Gasteiger partial charge in [-0.3, -0.25) is 39.0 Å². The van der Waals surface area contributed by atoms with Crippen LogP contribution in [0.25, 0.3) is 0 Å². The second-order valence-corrected chi connectivity index (χ2v) is 14.4. The fraction of sp³-hybridized carbons (Fsp3) is 0.550. The fourth-order valence-electron chi connectivity index (χ4n) is 6.96. The molecule has 3 aliphatic heterocycles. The number of carbonyl (C=O) groups excluding carboxylic acids is 6. The van der Waals surface area contributed by atoms with Crippen LogP contribution in [-0.2, 0) is 35.3 Å². The number of benzene rings is 2. The van der Waals surface area contributed by atoms with E-state index in [1.54, 1.807) is 18.2 Å². The number of ether oxygens (including phenoxy) is 1. The molecule has 0 saturated carbocycles. The minimum absolute atomic E-state index is 0.0126. The lowest BCUT2D eigenvalue weighted by Crippen LogP contribution is -2.54. The highest BCUT2D eigenvalue weighted by Crippen LogP contribution is 2.32. The highest BCUT2D eigenvalue weighted by atomic mass is 16.8. The molecule has 0 bridgehead atoms.